The van der Waals surface area contributed by atoms with Gasteiger partial charge in [-0.15, -0.1) is 0 Å². The van der Waals surface area contributed by atoms with Gasteiger partial charge in [0.25, 0.3) is 0 Å². The van der Waals surface area contributed by atoms with Crippen molar-refractivity contribution in [2.45, 2.75) is 19.4 Å². The highest BCUT2D eigenvalue weighted by Crippen LogP contribution is 2.21. The number of hydrogen-bond donors (Lipinski definition) is 1. The van der Waals surface area contributed by atoms with Gasteiger partial charge in [-0.25, -0.2) is 4.39 Å². The Kier molecular flexibility index (Phi) is 4.60. The molecular weight excluding hydrogens is 223 g/mol. The molecule has 0 bridgehead atoms. The molecular formula is C12H17FN2S. The van der Waals surface area contributed by atoms with Gasteiger partial charge in [0, 0.05) is 12.7 Å². The average molecular weight is 240 g/mol. The van der Waals surface area contributed by atoms with Crippen molar-refractivity contribution in [2.24, 2.45) is 5.92 Å². The van der Waals surface area contributed by atoms with Crippen molar-refractivity contribution in [3.05, 3.63) is 29.8 Å². The number of thioether (sulfide) groups is 1. The summed E-state index contributed by atoms with van der Waals surface area (Å²) < 4.78 is 12.9. The molecule has 1 aliphatic heterocycles. The van der Waals surface area contributed by atoms with E-state index >= 15 is 0 Å². The van der Waals surface area contributed by atoms with Crippen LogP contribution in [0.3, 0.4) is 0 Å². The lowest BCUT2D eigenvalue weighted by Gasteiger charge is -2.21. The van der Waals surface area contributed by atoms with E-state index in [1.54, 1.807) is 6.20 Å². The number of pyridine rings is 1. The van der Waals surface area contributed by atoms with E-state index in [1.807, 2.05) is 11.8 Å². The van der Waals surface area contributed by atoms with Crippen molar-refractivity contribution in [1.29, 1.82) is 0 Å². The lowest BCUT2D eigenvalue weighted by molar-refractivity contribution is 0.447. The van der Waals surface area contributed by atoms with Gasteiger partial charge < -0.3 is 5.32 Å². The molecule has 0 aliphatic carbocycles. The predicted octanol–water partition coefficient (Wildman–Crippen LogP) is 2.45. The van der Waals surface area contributed by atoms with Crippen LogP contribution in [-0.2, 0) is 6.54 Å². The summed E-state index contributed by atoms with van der Waals surface area (Å²) in [6.07, 6.45) is 5.56. The summed E-state index contributed by atoms with van der Waals surface area (Å²) in [5.74, 6) is 3.11. The SMILES string of the molecule is Fc1cncc(CNCC2CCSCC2)c1. The Morgan fingerprint density at radius 2 is 2.19 bits per heavy atom. The zero-order valence-electron chi connectivity index (χ0n) is 9.29. The summed E-state index contributed by atoms with van der Waals surface area (Å²) in [6, 6.07) is 1.54. The predicted molar refractivity (Wildman–Crippen MR) is 66.0 cm³/mol. The fourth-order valence-electron chi connectivity index (χ4n) is 1.92. The van der Waals surface area contributed by atoms with Crippen molar-refractivity contribution < 1.29 is 4.39 Å². The van der Waals surface area contributed by atoms with E-state index in [2.05, 4.69) is 10.3 Å². The molecule has 0 aromatic carbocycles. The zero-order valence-corrected chi connectivity index (χ0v) is 10.1. The van der Waals surface area contributed by atoms with Gasteiger partial charge in [0.1, 0.15) is 5.82 Å². The molecule has 1 aliphatic rings. The fourth-order valence-corrected chi connectivity index (χ4v) is 3.13. The van der Waals surface area contributed by atoms with Crippen LogP contribution in [0.4, 0.5) is 4.39 Å². The average Bonchev–Trinajstić information content (AvgIpc) is 2.30. The Morgan fingerprint density at radius 3 is 2.94 bits per heavy atom. The van der Waals surface area contributed by atoms with Crippen molar-refractivity contribution >= 4 is 11.8 Å². The minimum atomic E-state index is -0.256. The van der Waals surface area contributed by atoms with Crippen molar-refractivity contribution in [3.8, 4) is 0 Å². The monoisotopic (exact) mass is 240 g/mol. The first kappa shape index (κ1) is 11.9. The molecule has 1 saturated heterocycles. The van der Waals surface area contributed by atoms with Crippen LogP contribution in [-0.4, -0.2) is 23.0 Å². The van der Waals surface area contributed by atoms with E-state index in [-0.39, 0.29) is 5.82 Å². The molecule has 0 saturated carbocycles. The van der Waals surface area contributed by atoms with E-state index in [4.69, 9.17) is 0 Å². The molecule has 0 radical (unpaired) electrons. The summed E-state index contributed by atoms with van der Waals surface area (Å²) in [6.45, 7) is 1.76. The van der Waals surface area contributed by atoms with Crippen molar-refractivity contribution in [1.82, 2.24) is 10.3 Å². The van der Waals surface area contributed by atoms with Gasteiger partial charge in [0.15, 0.2) is 0 Å². The Morgan fingerprint density at radius 1 is 1.38 bits per heavy atom. The van der Waals surface area contributed by atoms with Gasteiger partial charge in [-0.05, 0) is 48.4 Å². The lowest BCUT2D eigenvalue weighted by Crippen LogP contribution is -2.25. The summed E-state index contributed by atoms with van der Waals surface area (Å²) in [5.41, 5.74) is 0.921. The lowest BCUT2D eigenvalue weighted by atomic mass is 10.0. The van der Waals surface area contributed by atoms with E-state index < -0.39 is 0 Å². The molecule has 1 N–H and O–H groups in total. The van der Waals surface area contributed by atoms with E-state index in [0.29, 0.717) is 6.54 Å². The number of hydrogen-bond acceptors (Lipinski definition) is 3. The van der Waals surface area contributed by atoms with Gasteiger partial charge in [0.05, 0.1) is 6.20 Å². The third kappa shape index (κ3) is 3.76. The molecule has 0 unspecified atom stereocenters. The Hall–Kier alpha value is -0.610. The van der Waals surface area contributed by atoms with Gasteiger partial charge in [0.2, 0.25) is 0 Å². The second-order valence-electron chi connectivity index (χ2n) is 4.20. The fraction of sp³-hybridized carbons (Fsp3) is 0.583. The highest BCUT2D eigenvalue weighted by atomic mass is 32.2. The van der Waals surface area contributed by atoms with Crippen molar-refractivity contribution in [2.75, 3.05) is 18.1 Å². The van der Waals surface area contributed by atoms with Crippen LogP contribution in [0, 0.1) is 11.7 Å². The van der Waals surface area contributed by atoms with Crippen LogP contribution in [0.1, 0.15) is 18.4 Å². The number of rotatable bonds is 4. The maximum atomic E-state index is 12.9. The van der Waals surface area contributed by atoms with E-state index in [9.17, 15) is 4.39 Å². The highest BCUT2D eigenvalue weighted by molar-refractivity contribution is 7.99. The first-order valence-corrected chi connectivity index (χ1v) is 6.88. The third-order valence-corrected chi connectivity index (χ3v) is 3.91. The van der Waals surface area contributed by atoms with Gasteiger partial charge >= 0.3 is 0 Å². The maximum Gasteiger partial charge on any atom is 0.141 e. The normalized spacial score (nSPS) is 17.6. The van der Waals surface area contributed by atoms with Crippen LogP contribution < -0.4 is 5.32 Å². The molecule has 2 rings (SSSR count). The second kappa shape index (κ2) is 6.21. The second-order valence-corrected chi connectivity index (χ2v) is 5.42. The Balaban J connectivity index is 1.71. The Labute approximate surface area is 100 Å². The minimum Gasteiger partial charge on any atom is -0.312 e. The number of nitrogens with zero attached hydrogens (tertiary/aromatic N) is 1. The maximum absolute atomic E-state index is 12.9. The molecule has 0 amide bonds. The molecule has 0 atom stereocenters. The van der Waals surface area contributed by atoms with Gasteiger partial charge in [-0.2, -0.15) is 11.8 Å². The highest BCUT2D eigenvalue weighted by Gasteiger charge is 2.12. The molecule has 4 heteroatoms. The molecule has 2 heterocycles. The van der Waals surface area contributed by atoms with E-state index in [1.165, 1.54) is 36.6 Å². The van der Waals surface area contributed by atoms with Crippen LogP contribution in [0.2, 0.25) is 0 Å². The van der Waals surface area contributed by atoms with Gasteiger partial charge in [-0.3, -0.25) is 4.98 Å². The van der Waals surface area contributed by atoms with E-state index in [0.717, 1.165) is 18.0 Å². The quantitative estimate of drug-likeness (QED) is 0.875. The third-order valence-electron chi connectivity index (χ3n) is 2.86. The first-order valence-electron chi connectivity index (χ1n) is 5.72. The summed E-state index contributed by atoms with van der Waals surface area (Å²) in [4.78, 5) is 3.83. The number of nitrogens with one attached hydrogen (secondary N) is 1. The standard InChI is InChI=1S/C12H17FN2S/c13-12-5-11(8-15-9-12)7-14-6-10-1-3-16-4-2-10/h5,8-10,14H,1-4,6-7H2. The number of aromatic nitrogens is 1. The minimum absolute atomic E-state index is 0.256. The zero-order chi connectivity index (χ0) is 11.2. The molecule has 1 aromatic heterocycles. The van der Waals surface area contributed by atoms with Crippen LogP contribution >= 0.6 is 11.8 Å². The molecule has 0 spiro atoms. The topological polar surface area (TPSA) is 24.9 Å². The van der Waals surface area contributed by atoms with Crippen LogP contribution in [0.25, 0.3) is 0 Å². The molecule has 1 fully saturated rings. The summed E-state index contributed by atoms with van der Waals surface area (Å²) >= 11 is 2.04. The van der Waals surface area contributed by atoms with Crippen molar-refractivity contribution in [3.63, 3.8) is 0 Å². The summed E-state index contributed by atoms with van der Waals surface area (Å²) in [7, 11) is 0. The molecule has 16 heavy (non-hydrogen) atoms. The van der Waals surface area contributed by atoms with Gasteiger partial charge in [-0.1, -0.05) is 0 Å². The first-order chi connectivity index (χ1) is 7.84. The Bertz CT molecular complexity index is 327. The molecule has 1 aromatic rings. The van der Waals surface area contributed by atoms with Crippen LogP contribution in [0.15, 0.2) is 18.5 Å². The molecule has 88 valence electrons. The number of halogens is 1. The summed E-state index contributed by atoms with van der Waals surface area (Å²) in [5, 5.41) is 3.38. The smallest absolute Gasteiger partial charge is 0.141 e. The molecule has 2 nitrogen and oxygen atoms in total. The van der Waals surface area contributed by atoms with Crippen LogP contribution in [0.5, 0.6) is 0 Å². The largest absolute Gasteiger partial charge is 0.312 e.